The first-order chi connectivity index (χ1) is 15.5. The summed E-state index contributed by atoms with van der Waals surface area (Å²) in [5, 5.41) is 7.17. The fraction of sp³-hybridized carbons (Fsp3) is 0.280. The summed E-state index contributed by atoms with van der Waals surface area (Å²) in [4.78, 5) is 39.4. The van der Waals surface area contributed by atoms with E-state index in [4.69, 9.17) is 0 Å². The number of benzene rings is 2. The van der Waals surface area contributed by atoms with Gasteiger partial charge in [-0.25, -0.2) is 4.68 Å². The summed E-state index contributed by atoms with van der Waals surface area (Å²) in [5.74, 6) is -1.28. The van der Waals surface area contributed by atoms with Gasteiger partial charge in [-0.2, -0.15) is 5.10 Å². The van der Waals surface area contributed by atoms with Gasteiger partial charge in [-0.15, -0.1) is 0 Å². The number of rotatable bonds is 6. The molecule has 1 fully saturated rings. The van der Waals surface area contributed by atoms with Crippen LogP contribution in [0.3, 0.4) is 0 Å². The first-order valence-electron chi connectivity index (χ1n) is 10.8. The van der Waals surface area contributed by atoms with Crippen LogP contribution < -0.4 is 5.32 Å². The van der Waals surface area contributed by atoms with Crippen molar-refractivity contribution in [1.29, 1.82) is 0 Å². The van der Waals surface area contributed by atoms with Crippen LogP contribution in [0.25, 0.3) is 5.69 Å². The zero-order valence-electron chi connectivity index (χ0n) is 18.0. The van der Waals surface area contributed by atoms with Crippen molar-refractivity contribution >= 4 is 17.6 Å². The topological polar surface area (TPSA) is 84.3 Å². The molecule has 4 rings (SSSR count). The lowest BCUT2D eigenvalue weighted by atomic mass is 9.95. The van der Waals surface area contributed by atoms with Crippen LogP contribution in [0.2, 0.25) is 0 Å². The van der Waals surface area contributed by atoms with Crippen molar-refractivity contribution in [2.24, 2.45) is 5.92 Å². The Hall–Kier alpha value is -3.74. The number of nitrogens with zero attached hydrogens (tertiary/aromatic N) is 3. The number of Topliss-reactive ketones (excluding diaryl/α,β-unsaturated/α-hetero) is 1. The van der Waals surface area contributed by atoms with Gasteiger partial charge in [0.25, 0.3) is 11.7 Å². The minimum Gasteiger partial charge on any atom is -0.352 e. The number of para-hydroxylation sites is 1. The van der Waals surface area contributed by atoms with Crippen LogP contribution in [0.4, 0.5) is 0 Å². The number of aromatic nitrogens is 2. The maximum atomic E-state index is 12.7. The zero-order valence-corrected chi connectivity index (χ0v) is 18.0. The van der Waals surface area contributed by atoms with E-state index in [-0.39, 0.29) is 17.4 Å². The highest BCUT2D eigenvalue weighted by molar-refractivity contribution is 6.42. The van der Waals surface area contributed by atoms with Crippen molar-refractivity contribution in [3.8, 4) is 5.69 Å². The highest BCUT2D eigenvalue weighted by atomic mass is 16.2. The number of carbonyl (C=O) groups is 3. The smallest absolute Gasteiger partial charge is 0.295 e. The number of nitrogens with one attached hydrogen (secondary N) is 1. The number of hydrogen-bond acceptors (Lipinski definition) is 4. The molecule has 0 bridgehead atoms. The molecule has 0 aliphatic carbocycles. The van der Waals surface area contributed by atoms with Crippen molar-refractivity contribution in [3.05, 3.63) is 83.7 Å². The van der Waals surface area contributed by atoms with Crippen LogP contribution >= 0.6 is 0 Å². The standard InChI is InChI=1S/C25H26N4O3/c1-18-7-9-19(10-8-18)15-26-24(31)20-11-13-28(14-12-20)25(32)23(30)21-16-27-29(17-21)22-5-3-2-4-6-22/h2-10,16-17,20H,11-15H2,1H3,(H,26,31). The van der Waals surface area contributed by atoms with E-state index < -0.39 is 11.7 Å². The molecular weight excluding hydrogens is 404 g/mol. The van der Waals surface area contributed by atoms with Crippen LogP contribution in [0.5, 0.6) is 0 Å². The summed E-state index contributed by atoms with van der Waals surface area (Å²) in [7, 11) is 0. The molecule has 164 valence electrons. The van der Waals surface area contributed by atoms with E-state index in [9.17, 15) is 14.4 Å². The van der Waals surface area contributed by atoms with Crippen LogP contribution in [-0.2, 0) is 16.1 Å². The summed E-state index contributed by atoms with van der Waals surface area (Å²) in [6.45, 7) is 3.29. The Kier molecular flexibility index (Phi) is 6.44. The van der Waals surface area contributed by atoms with Gasteiger partial charge < -0.3 is 10.2 Å². The van der Waals surface area contributed by atoms with Crippen molar-refractivity contribution in [3.63, 3.8) is 0 Å². The highest BCUT2D eigenvalue weighted by Crippen LogP contribution is 2.19. The Labute approximate surface area is 187 Å². The summed E-state index contributed by atoms with van der Waals surface area (Å²) in [5.41, 5.74) is 3.31. The molecule has 1 aliphatic rings. The van der Waals surface area contributed by atoms with Crippen LogP contribution in [0.1, 0.15) is 34.3 Å². The molecule has 7 heteroatoms. The maximum Gasteiger partial charge on any atom is 0.295 e. The van der Waals surface area contributed by atoms with Crippen LogP contribution in [-0.4, -0.2) is 45.4 Å². The minimum atomic E-state index is -0.575. The molecule has 1 N–H and O–H groups in total. The maximum absolute atomic E-state index is 12.7. The first-order valence-corrected chi connectivity index (χ1v) is 10.8. The molecule has 0 radical (unpaired) electrons. The van der Waals surface area contributed by atoms with E-state index >= 15 is 0 Å². The van der Waals surface area contributed by atoms with Crippen molar-refractivity contribution in [2.75, 3.05) is 13.1 Å². The number of ketones is 1. The first kappa shape index (κ1) is 21.5. The van der Waals surface area contributed by atoms with E-state index in [0.717, 1.165) is 11.3 Å². The van der Waals surface area contributed by atoms with Gasteiger partial charge in [-0.3, -0.25) is 14.4 Å². The molecule has 3 aromatic rings. The van der Waals surface area contributed by atoms with Gasteiger partial charge in [0.15, 0.2) is 0 Å². The van der Waals surface area contributed by atoms with Gasteiger partial charge in [-0.1, -0.05) is 48.0 Å². The normalized spacial score (nSPS) is 14.2. The lowest BCUT2D eigenvalue weighted by Gasteiger charge is -2.30. The number of piperidine rings is 1. The Morgan fingerprint density at radius 3 is 2.38 bits per heavy atom. The quantitative estimate of drug-likeness (QED) is 0.481. The van der Waals surface area contributed by atoms with Crippen molar-refractivity contribution in [1.82, 2.24) is 20.0 Å². The fourth-order valence-corrected chi connectivity index (χ4v) is 3.81. The third kappa shape index (κ3) is 4.94. The van der Waals surface area contributed by atoms with E-state index in [1.807, 2.05) is 61.5 Å². The molecule has 32 heavy (non-hydrogen) atoms. The van der Waals surface area contributed by atoms with Crippen molar-refractivity contribution in [2.45, 2.75) is 26.3 Å². The van der Waals surface area contributed by atoms with Crippen LogP contribution in [0.15, 0.2) is 67.0 Å². The number of aryl methyl sites for hydroxylation is 1. The average Bonchev–Trinajstić information content (AvgIpc) is 3.34. The number of amides is 2. The third-order valence-corrected chi connectivity index (χ3v) is 5.80. The molecule has 7 nitrogen and oxygen atoms in total. The largest absolute Gasteiger partial charge is 0.352 e. The number of hydrogen-bond donors (Lipinski definition) is 1. The second-order valence-electron chi connectivity index (χ2n) is 8.11. The highest BCUT2D eigenvalue weighted by Gasteiger charge is 2.31. The zero-order chi connectivity index (χ0) is 22.5. The molecular formula is C25H26N4O3. The van der Waals surface area contributed by atoms with Gasteiger partial charge in [0.05, 0.1) is 17.4 Å². The van der Waals surface area contributed by atoms with Gasteiger partial charge in [0.1, 0.15) is 0 Å². The van der Waals surface area contributed by atoms with Gasteiger partial charge in [0, 0.05) is 31.7 Å². The molecule has 1 aromatic heterocycles. The Bertz CT molecular complexity index is 1100. The van der Waals surface area contributed by atoms with E-state index in [0.29, 0.717) is 32.5 Å². The molecule has 2 aromatic carbocycles. The van der Waals surface area contributed by atoms with E-state index in [2.05, 4.69) is 10.4 Å². The molecule has 2 amide bonds. The van der Waals surface area contributed by atoms with Crippen molar-refractivity contribution < 1.29 is 14.4 Å². The third-order valence-electron chi connectivity index (χ3n) is 5.80. The average molecular weight is 431 g/mol. The second-order valence-corrected chi connectivity index (χ2v) is 8.11. The monoisotopic (exact) mass is 430 g/mol. The summed E-state index contributed by atoms with van der Waals surface area (Å²) < 4.78 is 1.57. The molecule has 1 saturated heterocycles. The SMILES string of the molecule is Cc1ccc(CNC(=O)C2CCN(C(=O)C(=O)c3cnn(-c4ccccc4)c3)CC2)cc1. The Morgan fingerprint density at radius 2 is 1.69 bits per heavy atom. The van der Waals surface area contributed by atoms with Crippen LogP contribution in [0, 0.1) is 12.8 Å². The predicted molar refractivity (Wildman–Crippen MR) is 120 cm³/mol. The van der Waals surface area contributed by atoms with E-state index in [1.165, 1.54) is 16.7 Å². The second kappa shape index (κ2) is 9.60. The lowest BCUT2D eigenvalue weighted by molar-refractivity contribution is -0.132. The van der Waals surface area contributed by atoms with Gasteiger partial charge in [0.2, 0.25) is 5.91 Å². The molecule has 0 unspecified atom stereocenters. The predicted octanol–water partition coefficient (Wildman–Crippen LogP) is 2.92. The Balaban J connectivity index is 1.28. The molecule has 0 saturated carbocycles. The summed E-state index contributed by atoms with van der Waals surface area (Å²) >= 11 is 0. The van der Waals surface area contributed by atoms with Gasteiger partial charge in [-0.05, 0) is 37.5 Å². The summed E-state index contributed by atoms with van der Waals surface area (Å²) in [6, 6.07) is 17.4. The molecule has 1 aliphatic heterocycles. The molecule has 2 heterocycles. The molecule has 0 spiro atoms. The summed E-state index contributed by atoms with van der Waals surface area (Å²) in [6.07, 6.45) is 4.07. The minimum absolute atomic E-state index is 0.00635. The Morgan fingerprint density at radius 1 is 1.00 bits per heavy atom. The van der Waals surface area contributed by atoms with E-state index in [1.54, 1.807) is 10.9 Å². The lowest BCUT2D eigenvalue weighted by Crippen LogP contribution is -2.45. The molecule has 0 atom stereocenters. The number of likely N-dealkylation sites (tertiary alicyclic amines) is 1. The number of carbonyl (C=O) groups excluding carboxylic acids is 3. The fourth-order valence-electron chi connectivity index (χ4n) is 3.81. The van der Waals surface area contributed by atoms with Gasteiger partial charge >= 0.3 is 0 Å².